The van der Waals surface area contributed by atoms with Gasteiger partial charge in [0.1, 0.15) is 5.82 Å². The van der Waals surface area contributed by atoms with Gasteiger partial charge in [0.15, 0.2) is 6.61 Å². The number of aryl methyl sites for hydroxylation is 1. The van der Waals surface area contributed by atoms with Crippen molar-refractivity contribution in [2.24, 2.45) is 5.92 Å². The lowest BCUT2D eigenvalue weighted by Gasteiger charge is -2.12. The molecular formula is C15H18FNO3. The van der Waals surface area contributed by atoms with Crippen LogP contribution in [0.3, 0.4) is 0 Å². The zero-order valence-corrected chi connectivity index (χ0v) is 11.6. The van der Waals surface area contributed by atoms with Gasteiger partial charge < -0.3 is 10.1 Å². The van der Waals surface area contributed by atoms with E-state index in [0.717, 1.165) is 18.9 Å². The Morgan fingerprint density at radius 2 is 2.15 bits per heavy atom. The van der Waals surface area contributed by atoms with Crippen LogP contribution < -0.4 is 5.32 Å². The van der Waals surface area contributed by atoms with E-state index >= 15 is 0 Å². The summed E-state index contributed by atoms with van der Waals surface area (Å²) in [5.41, 5.74) is 0.564. The fourth-order valence-electron chi connectivity index (χ4n) is 1.94. The monoisotopic (exact) mass is 279 g/mol. The Labute approximate surface area is 117 Å². The zero-order chi connectivity index (χ0) is 14.7. The largest absolute Gasteiger partial charge is 0.452 e. The molecule has 1 N–H and O–H groups in total. The molecule has 0 saturated heterocycles. The van der Waals surface area contributed by atoms with E-state index in [9.17, 15) is 14.0 Å². The van der Waals surface area contributed by atoms with E-state index in [1.807, 2.05) is 6.92 Å². The van der Waals surface area contributed by atoms with Crippen molar-refractivity contribution in [3.05, 3.63) is 35.1 Å². The Bertz CT molecular complexity index is 526. The lowest BCUT2D eigenvalue weighted by atomic mass is 10.1. The molecule has 5 heteroatoms. The maximum absolute atomic E-state index is 13.3. The number of amides is 1. The molecule has 0 unspecified atom stereocenters. The number of nitrogens with one attached hydrogen (secondary N) is 1. The molecule has 108 valence electrons. The third kappa shape index (κ3) is 3.79. The fraction of sp³-hybridized carbons (Fsp3) is 0.467. The number of hydrogen-bond acceptors (Lipinski definition) is 3. The lowest BCUT2D eigenvalue weighted by molar-refractivity contribution is -0.124. The van der Waals surface area contributed by atoms with Gasteiger partial charge in [-0.05, 0) is 50.3 Å². The van der Waals surface area contributed by atoms with Crippen LogP contribution in [0, 0.1) is 18.7 Å². The summed E-state index contributed by atoms with van der Waals surface area (Å²) in [7, 11) is 0. The van der Waals surface area contributed by atoms with Crippen molar-refractivity contribution >= 4 is 11.9 Å². The summed E-state index contributed by atoms with van der Waals surface area (Å²) in [4.78, 5) is 23.3. The van der Waals surface area contributed by atoms with Crippen LogP contribution in [0.2, 0.25) is 0 Å². The quantitative estimate of drug-likeness (QED) is 0.841. The summed E-state index contributed by atoms with van der Waals surface area (Å²) in [5, 5.41) is 2.78. The van der Waals surface area contributed by atoms with Gasteiger partial charge in [-0.2, -0.15) is 0 Å². The van der Waals surface area contributed by atoms with Crippen molar-refractivity contribution in [3.63, 3.8) is 0 Å². The van der Waals surface area contributed by atoms with Gasteiger partial charge in [0.05, 0.1) is 5.56 Å². The first-order valence-electron chi connectivity index (χ1n) is 6.70. The third-order valence-corrected chi connectivity index (χ3v) is 3.46. The van der Waals surface area contributed by atoms with Crippen LogP contribution in [-0.2, 0) is 9.53 Å². The molecule has 0 bridgehead atoms. The van der Waals surface area contributed by atoms with Crippen molar-refractivity contribution in [2.45, 2.75) is 32.7 Å². The number of hydrogen-bond donors (Lipinski definition) is 1. The second-order valence-electron chi connectivity index (χ2n) is 5.23. The van der Waals surface area contributed by atoms with Crippen molar-refractivity contribution in [2.75, 3.05) is 6.61 Å². The summed E-state index contributed by atoms with van der Waals surface area (Å²) in [6.07, 6.45) is 2.26. The van der Waals surface area contributed by atoms with Crippen LogP contribution >= 0.6 is 0 Å². The van der Waals surface area contributed by atoms with Gasteiger partial charge in [0, 0.05) is 6.04 Å². The highest BCUT2D eigenvalue weighted by atomic mass is 19.1. The first kappa shape index (κ1) is 14.5. The average molecular weight is 279 g/mol. The van der Waals surface area contributed by atoms with Crippen LogP contribution in [0.1, 0.15) is 35.7 Å². The molecule has 1 aromatic carbocycles. The molecule has 1 atom stereocenters. The summed E-state index contributed by atoms with van der Waals surface area (Å²) in [6, 6.07) is 4.20. The number of halogens is 1. The van der Waals surface area contributed by atoms with Gasteiger partial charge in [0.25, 0.3) is 5.91 Å². The molecule has 1 fully saturated rings. The van der Waals surface area contributed by atoms with Crippen LogP contribution in [0.4, 0.5) is 4.39 Å². The minimum Gasteiger partial charge on any atom is -0.452 e. The highest BCUT2D eigenvalue weighted by Gasteiger charge is 2.29. The van der Waals surface area contributed by atoms with E-state index in [-0.39, 0.29) is 24.1 Å². The van der Waals surface area contributed by atoms with Crippen LogP contribution in [0.5, 0.6) is 0 Å². The number of ether oxygens (including phenoxy) is 1. The number of esters is 1. The topological polar surface area (TPSA) is 55.4 Å². The van der Waals surface area contributed by atoms with Crippen molar-refractivity contribution in [3.8, 4) is 0 Å². The van der Waals surface area contributed by atoms with Gasteiger partial charge in [-0.15, -0.1) is 0 Å². The van der Waals surface area contributed by atoms with Gasteiger partial charge in [0.2, 0.25) is 0 Å². The highest BCUT2D eigenvalue weighted by Crippen LogP contribution is 2.32. The van der Waals surface area contributed by atoms with Crippen LogP contribution in [-0.4, -0.2) is 24.5 Å². The predicted octanol–water partition coefficient (Wildman–Crippen LogP) is 2.21. The molecule has 0 aromatic heterocycles. The minimum absolute atomic E-state index is 0.108. The van der Waals surface area contributed by atoms with E-state index in [2.05, 4.69) is 5.32 Å². The van der Waals surface area contributed by atoms with E-state index in [4.69, 9.17) is 4.74 Å². The molecule has 1 amide bonds. The maximum atomic E-state index is 13.3. The van der Waals surface area contributed by atoms with Crippen LogP contribution in [0.25, 0.3) is 0 Å². The Morgan fingerprint density at radius 1 is 1.45 bits per heavy atom. The Morgan fingerprint density at radius 3 is 2.75 bits per heavy atom. The second kappa shape index (κ2) is 6.03. The molecule has 0 spiro atoms. The third-order valence-electron chi connectivity index (χ3n) is 3.46. The molecule has 0 aliphatic heterocycles. The molecular weight excluding hydrogens is 261 g/mol. The summed E-state index contributed by atoms with van der Waals surface area (Å²) >= 11 is 0. The average Bonchev–Trinajstić information content (AvgIpc) is 3.23. The molecule has 1 aliphatic carbocycles. The Kier molecular flexibility index (Phi) is 4.37. The molecule has 1 aliphatic rings. The van der Waals surface area contributed by atoms with Crippen molar-refractivity contribution in [1.29, 1.82) is 0 Å². The molecule has 4 nitrogen and oxygen atoms in total. The summed E-state index contributed by atoms with van der Waals surface area (Å²) in [5.74, 6) is -0.949. The van der Waals surface area contributed by atoms with Gasteiger partial charge in [-0.25, -0.2) is 9.18 Å². The van der Waals surface area contributed by atoms with Gasteiger partial charge >= 0.3 is 5.97 Å². The normalized spacial score (nSPS) is 15.6. The van der Waals surface area contributed by atoms with E-state index < -0.39 is 11.8 Å². The maximum Gasteiger partial charge on any atom is 0.338 e. The number of benzene rings is 1. The van der Waals surface area contributed by atoms with Crippen molar-refractivity contribution < 1.29 is 18.7 Å². The lowest BCUT2D eigenvalue weighted by Crippen LogP contribution is -2.37. The molecule has 1 saturated carbocycles. The smallest absolute Gasteiger partial charge is 0.338 e. The fourth-order valence-corrected chi connectivity index (χ4v) is 1.94. The molecule has 0 radical (unpaired) electrons. The van der Waals surface area contributed by atoms with Crippen molar-refractivity contribution in [1.82, 2.24) is 5.32 Å². The van der Waals surface area contributed by atoms with Gasteiger partial charge in [-0.1, -0.05) is 6.07 Å². The summed E-state index contributed by atoms with van der Waals surface area (Å²) < 4.78 is 18.2. The predicted molar refractivity (Wildman–Crippen MR) is 71.7 cm³/mol. The molecule has 0 heterocycles. The Hall–Kier alpha value is -1.91. The molecule has 2 rings (SSSR count). The first-order valence-corrected chi connectivity index (χ1v) is 6.70. The van der Waals surface area contributed by atoms with Crippen LogP contribution in [0.15, 0.2) is 18.2 Å². The number of carbonyl (C=O) groups is 2. The number of rotatable bonds is 5. The minimum atomic E-state index is -0.696. The van der Waals surface area contributed by atoms with E-state index in [1.165, 1.54) is 12.1 Å². The molecule has 20 heavy (non-hydrogen) atoms. The second-order valence-corrected chi connectivity index (χ2v) is 5.23. The highest BCUT2D eigenvalue weighted by molar-refractivity contribution is 5.91. The Balaban J connectivity index is 1.81. The van der Waals surface area contributed by atoms with E-state index in [0.29, 0.717) is 11.5 Å². The molecule has 1 aromatic rings. The number of carbonyl (C=O) groups excluding carboxylic acids is 2. The van der Waals surface area contributed by atoms with E-state index in [1.54, 1.807) is 6.92 Å². The van der Waals surface area contributed by atoms with Gasteiger partial charge in [-0.3, -0.25) is 4.79 Å². The SMILES string of the molecule is Cc1ccc(C(=O)OCC(=O)N[C@@H](C)C2CC2)cc1F. The summed E-state index contributed by atoms with van der Waals surface area (Å²) in [6.45, 7) is 3.20. The zero-order valence-electron chi connectivity index (χ0n) is 11.6. The first-order chi connectivity index (χ1) is 9.47. The standard InChI is InChI=1S/C15H18FNO3/c1-9-3-4-12(7-13(9)16)15(19)20-8-14(18)17-10(2)11-5-6-11/h3-4,7,10-11H,5-6,8H2,1-2H3,(H,17,18)/t10-/m0/s1.